The zero-order valence-corrected chi connectivity index (χ0v) is 14.8. The zero-order chi connectivity index (χ0) is 18.0. The van der Waals surface area contributed by atoms with E-state index in [0.29, 0.717) is 30.0 Å². The predicted octanol–water partition coefficient (Wildman–Crippen LogP) is 2.61. The Morgan fingerprint density at radius 1 is 1.08 bits per heavy atom. The third-order valence-electron chi connectivity index (χ3n) is 4.36. The van der Waals surface area contributed by atoms with Gasteiger partial charge in [0.25, 0.3) is 5.91 Å². The lowest BCUT2D eigenvalue weighted by Gasteiger charge is -2.15. The molecular weight excluding hydrogens is 338 g/mol. The number of carbonyl (C=O) groups excluding carboxylic acids is 1. The maximum atomic E-state index is 12.5. The predicted molar refractivity (Wildman–Crippen MR) is 98.0 cm³/mol. The highest BCUT2D eigenvalue weighted by Gasteiger charge is 2.27. The van der Waals surface area contributed by atoms with Crippen molar-refractivity contribution in [3.63, 3.8) is 0 Å². The summed E-state index contributed by atoms with van der Waals surface area (Å²) in [6.45, 7) is 3.00. The van der Waals surface area contributed by atoms with Crippen LogP contribution < -0.4 is 11.1 Å². The van der Waals surface area contributed by atoms with E-state index in [2.05, 4.69) is 5.32 Å². The molecule has 1 aliphatic rings. The topological polar surface area (TPSA) is 92.5 Å². The van der Waals surface area contributed by atoms with Crippen LogP contribution in [-0.4, -0.2) is 31.7 Å². The lowest BCUT2D eigenvalue weighted by atomic mass is 10.1. The third kappa shape index (κ3) is 3.67. The zero-order valence-electron chi connectivity index (χ0n) is 14.0. The molecule has 0 radical (unpaired) electrons. The Morgan fingerprint density at radius 2 is 1.72 bits per heavy atom. The van der Waals surface area contributed by atoms with Gasteiger partial charge in [-0.2, -0.15) is 4.31 Å². The van der Waals surface area contributed by atoms with Crippen molar-refractivity contribution >= 4 is 27.3 Å². The van der Waals surface area contributed by atoms with E-state index in [1.165, 1.54) is 28.6 Å². The molecule has 1 amide bonds. The number of benzene rings is 2. The molecular formula is C18H21N3O3S. The second-order valence-corrected chi connectivity index (χ2v) is 8.10. The van der Waals surface area contributed by atoms with Gasteiger partial charge in [0.1, 0.15) is 0 Å². The second kappa shape index (κ2) is 6.85. The van der Waals surface area contributed by atoms with Crippen LogP contribution in [0.15, 0.2) is 47.4 Å². The maximum absolute atomic E-state index is 12.5. The molecule has 1 aliphatic heterocycles. The summed E-state index contributed by atoms with van der Waals surface area (Å²) in [6.07, 6.45) is 1.78. The third-order valence-corrected chi connectivity index (χ3v) is 6.27. The van der Waals surface area contributed by atoms with Crippen LogP contribution in [0.1, 0.15) is 28.8 Å². The summed E-state index contributed by atoms with van der Waals surface area (Å²) >= 11 is 0. The highest BCUT2D eigenvalue weighted by Crippen LogP contribution is 2.22. The van der Waals surface area contributed by atoms with E-state index >= 15 is 0 Å². The number of nitrogens with one attached hydrogen (secondary N) is 1. The summed E-state index contributed by atoms with van der Waals surface area (Å²) in [5, 5.41) is 2.76. The number of aryl methyl sites for hydroxylation is 1. The molecule has 2 aromatic carbocycles. The minimum atomic E-state index is -3.47. The van der Waals surface area contributed by atoms with E-state index in [0.717, 1.165) is 18.4 Å². The van der Waals surface area contributed by atoms with Crippen molar-refractivity contribution in [2.75, 3.05) is 24.1 Å². The van der Waals surface area contributed by atoms with E-state index < -0.39 is 10.0 Å². The summed E-state index contributed by atoms with van der Waals surface area (Å²) in [4.78, 5) is 12.5. The molecule has 1 fully saturated rings. The molecule has 0 aromatic heterocycles. The Labute approximate surface area is 147 Å². The normalized spacial score (nSPS) is 15.2. The second-order valence-electron chi connectivity index (χ2n) is 6.16. The van der Waals surface area contributed by atoms with Crippen LogP contribution in [0.5, 0.6) is 0 Å². The van der Waals surface area contributed by atoms with Gasteiger partial charge in [0.15, 0.2) is 0 Å². The number of nitrogens with zero attached hydrogens (tertiary/aromatic N) is 1. The largest absolute Gasteiger partial charge is 0.398 e. The molecule has 132 valence electrons. The Kier molecular flexibility index (Phi) is 4.78. The Hall–Kier alpha value is -2.38. The molecule has 2 aromatic rings. The molecule has 1 heterocycles. The number of anilines is 2. The van der Waals surface area contributed by atoms with Crippen LogP contribution in [0.3, 0.4) is 0 Å². The molecule has 0 spiro atoms. The van der Waals surface area contributed by atoms with Gasteiger partial charge in [0, 0.05) is 30.0 Å². The van der Waals surface area contributed by atoms with Crippen LogP contribution in [0.2, 0.25) is 0 Å². The number of hydrogen-bond acceptors (Lipinski definition) is 4. The molecule has 25 heavy (non-hydrogen) atoms. The van der Waals surface area contributed by atoms with Crippen molar-refractivity contribution in [2.24, 2.45) is 0 Å². The van der Waals surface area contributed by atoms with Gasteiger partial charge in [-0.05, 0) is 61.7 Å². The van der Waals surface area contributed by atoms with Crippen molar-refractivity contribution in [3.8, 4) is 0 Å². The Bertz CT molecular complexity index is 886. The average molecular weight is 359 g/mol. The van der Waals surface area contributed by atoms with Crippen LogP contribution in [0, 0.1) is 6.92 Å². The number of rotatable bonds is 4. The van der Waals surface area contributed by atoms with Gasteiger partial charge in [-0.15, -0.1) is 0 Å². The van der Waals surface area contributed by atoms with Gasteiger partial charge in [-0.25, -0.2) is 8.42 Å². The molecule has 0 atom stereocenters. The van der Waals surface area contributed by atoms with Gasteiger partial charge >= 0.3 is 0 Å². The number of sulfonamides is 1. The fourth-order valence-electron chi connectivity index (χ4n) is 2.78. The number of nitrogen functional groups attached to an aromatic ring is 1. The first kappa shape index (κ1) is 17.4. The number of nitrogens with two attached hydrogens (primary N) is 1. The molecule has 0 saturated carbocycles. The van der Waals surface area contributed by atoms with E-state index in [1.807, 2.05) is 13.0 Å². The minimum absolute atomic E-state index is 0.213. The van der Waals surface area contributed by atoms with Crippen molar-refractivity contribution < 1.29 is 13.2 Å². The monoisotopic (exact) mass is 359 g/mol. The fourth-order valence-corrected chi connectivity index (χ4v) is 4.29. The highest BCUT2D eigenvalue weighted by atomic mass is 32.2. The first-order chi connectivity index (χ1) is 11.9. The van der Waals surface area contributed by atoms with E-state index in [4.69, 9.17) is 5.73 Å². The molecule has 3 N–H and O–H groups in total. The Morgan fingerprint density at radius 3 is 2.32 bits per heavy atom. The number of amides is 1. The van der Waals surface area contributed by atoms with E-state index in [9.17, 15) is 13.2 Å². The van der Waals surface area contributed by atoms with E-state index in [1.54, 1.807) is 12.1 Å². The maximum Gasteiger partial charge on any atom is 0.255 e. The standard InChI is InChI=1S/C18H21N3O3S/c1-13-4-7-15(12-17(13)19)20-18(22)14-5-8-16(9-6-14)25(23,24)21-10-2-3-11-21/h4-9,12H,2-3,10-11,19H2,1H3,(H,20,22). The molecule has 0 bridgehead atoms. The van der Waals surface area contributed by atoms with E-state index in [-0.39, 0.29) is 10.8 Å². The van der Waals surface area contributed by atoms with Crippen LogP contribution in [0.4, 0.5) is 11.4 Å². The van der Waals surface area contributed by atoms with Crippen molar-refractivity contribution in [1.82, 2.24) is 4.31 Å². The molecule has 0 unspecified atom stereocenters. The number of hydrogen-bond donors (Lipinski definition) is 2. The van der Waals surface area contributed by atoms with Crippen LogP contribution in [-0.2, 0) is 10.0 Å². The fraction of sp³-hybridized carbons (Fsp3) is 0.278. The van der Waals surface area contributed by atoms with Crippen LogP contribution >= 0.6 is 0 Å². The minimum Gasteiger partial charge on any atom is -0.398 e. The molecule has 6 nitrogen and oxygen atoms in total. The molecule has 3 rings (SSSR count). The van der Waals surface area contributed by atoms with Crippen molar-refractivity contribution in [1.29, 1.82) is 0 Å². The van der Waals surface area contributed by atoms with Gasteiger partial charge in [-0.1, -0.05) is 6.07 Å². The van der Waals surface area contributed by atoms with Gasteiger partial charge in [0.05, 0.1) is 4.90 Å². The summed E-state index contributed by atoms with van der Waals surface area (Å²) in [5.41, 5.74) is 8.37. The van der Waals surface area contributed by atoms with Crippen molar-refractivity contribution in [2.45, 2.75) is 24.7 Å². The summed E-state index contributed by atoms with van der Waals surface area (Å²) in [6, 6.07) is 11.3. The summed E-state index contributed by atoms with van der Waals surface area (Å²) < 4.78 is 26.5. The number of carbonyl (C=O) groups is 1. The quantitative estimate of drug-likeness (QED) is 0.821. The first-order valence-corrected chi connectivity index (χ1v) is 9.59. The summed E-state index contributed by atoms with van der Waals surface area (Å²) in [7, 11) is -3.47. The lowest BCUT2D eigenvalue weighted by Crippen LogP contribution is -2.27. The molecule has 0 aliphatic carbocycles. The SMILES string of the molecule is Cc1ccc(NC(=O)c2ccc(S(=O)(=O)N3CCCC3)cc2)cc1N. The molecule has 1 saturated heterocycles. The average Bonchev–Trinajstić information content (AvgIpc) is 3.14. The van der Waals surface area contributed by atoms with Gasteiger partial charge in [-0.3, -0.25) is 4.79 Å². The smallest absolute Gasteiger partial charge is 0.255 e. The van der Waals surface area contributed by atoms with Crippen molar-refractivity contribution in [3.05, 3.63) is 53.6 Å². The van der Waals surface area contributed by atoms with Crippen LogP contribution in [0.25, 0.3) is 0 Å². The van der Waals surface area contributed by atoms with Gasteiger partial charge in [0.2, 0.25) is 10.0 Å². The first-order valence-electron chi connectivity index (χ1n) is 8.15. The molecule has 7 heteroatoms. The highest BCUT2D eigenvalue weighted by molar-refractivity contribution is 7.89. The Balaban J connectivity index is 1.75. The summed E-state index contributed by atoms with van der Waals surface area (Å²) in [5.74, 6) is -0.312. The lowest BCUT2D eigenvalue weighted by molar-refractivity contribution is 0.102. The van der Waals surface area contributed by atoms with Gasteiger partial charge < -0.3 is 11.1 Å².